The van der Waals surface area contributed by atoms with Gasteiger partial charge in [0, 0.05) is 52.3 Å². The Hall–Kier alpha value is -0.900. The standard InChI is InChI=1S/C22H36N4O2.HI/c1-3-23-22(25(2)15-20-10-13-28-17-20)24-14-18-4-6-19(7-5-18)16-26-11-8-21(27)9-12-26;/h4-7,20-21,27H,3,8-17H2,1-2H3,(H,23,24);1H. The lowest BCUT2D eigenvalue weighted by Gasteiger charge is -2.29. The summed E-state index contributed by atoms with van der Waals surface area (Å²) in [6.45, 7) is 9.32. The lowest BCUT2D eigenvalue weighted by molar-refractivity contribution is 0.0792. The number of aliphatic hydroxyl groups excluding tert-OH is 1. The molecule has 0 radical (unpaired) electrons. The van der Waals surface area contributed by atoms with Gasteiger partial charge >= 0.3 is 0 Å². The number of halogens is 1. The van der Waals surface area contributed by atoms with Crippen molar-refractivity contribution in [1.29, 1.82) is 0 Å². The largest absolute Gasteiger partial charge is 0.393 e. The van der Waals surface area contributed by atoms with Gasteiger partial charge in [-0.15, -0.1) is 24.0 Å². The molecule has 0 bridgehead atoms. The summed E-state index contributed by atoms with van der Waals surface area (Å²) in [5.74, 6) is 1.56. The van der Waals surface area contributed by atoms with Gasteiger partial charge in [0.1, 0.15) is 0 Å². The van der Waals surface area contributed by atoms with Crippen LogP contribution in [0.25, 0.3) is 0 Å². The van der Waals surface area contributed by atoms with Crippen LogP contribution >= 0.6 is 24.0 Å². The van der Waals surface area contributed by atoms with E-state index in [9.17, 15) is 5.11 Å². The van der Waals surface area contributed by atoms with Crippen molar-refractivity contribution >= 4 is 29.9 Å². The third kappa shape index (κ3) is 8.03. The van der Waals surface area contributed by atoms with E-state index in [2.05, 4.69) is 53.4 Å². The monoisotopic (exact) mass is 516 g/mol. The fraction of sp³-hybridized carbons (Fsp3) is 0.682. The van der Waals surface area contributed by atoms with Crippen molar-refractivity contribution < 1.29 is 9.84 Å². The predicted molar refractivity (Wildman–Crippen MR) is 129 cm³/mol. The highest BCUT2D eigenvalue weighted by Gasteiger charge is 2.19. The van der Waals surface area contributed by atoms with E-state index in [1.54, 1.807) is 0 Å². The molecule has 2 heterocycles. The summed E-state index contributed by atoms with van der Waals surface area (Å²) >= 11 is 0. The van der Waals surface area contributed by atoms with E-state index >= 15 is 0 Å². The van der Waals surface area contributed by atoms with E-state index in [0.29, 0.717) is 12.5 Å². The van der Waals surface area contributed by atoms with Crippen LogP contribution in [0.15, 0.2) is 29.3 Å². The highest BCUT2D eigenvalue weighted by Crippen LogP contribution is 2.15. The molecule has 7 heteroatoms. The summed E-state index contributed by atoms with van der Waals surface area (Å²) in [4.78, 5) is 9.48. The van der Waals surface area contributed by atoms with Crippen molar-refractivity contribution in [2.75, 3.05) is 46.4 Å². The van der Waals surface area contributed by atoms with Gasteiger partial charge in [-0.2, -0.15) is 0 Å². The number of benzene rings is 1. The lowest BCUT2D eigenvalue weighted by atomic mass is 10.1. The Morgan fingerprint density at radius 1 is 1.21 bits per heavy atom. The first-order valence-electron chi connectivity index (χ1n) is 10.7. The SMILES string of the molecule is CCNC(=NCc1ccc(CN2CCC(O)CC2)cc1)N(C)CC1CCOC1.I. The molecule has 6 nitrogen and oxygen atoms in total. The molecule has 1 aromatic rings. The van der Waals surface area contributed by atoms with Crippen molar-refractivity contribution in [3.8, 4) is 0 Å². The van der Waals surface area contributed by atoms with Gasteiger partial charge in [-0.3, -0.25) is 4.90 Å². The Labute approximate surface area is 192 Å². The van der Waals surface area contributed by atoms with Gasteiger partial charge in [0.25, 0.3) is 0 Å². The molecule has 2 N–H and O–H groups in total. The van der Waals surface area contributed by atoms with Crippen molar-refractivity contribution in [3.05, 3.63) is 35.4 Å². The van der Waals surface area contributed by atoms with Gasteiger partial charge in [0.15, 0.2) is 5.96 Å². The van der Waals surface area contributed by atoms with Gasteiger partial charge in [-0.25, -0.2) is 4.99 Å². The summed E-state index contributed by atoms with van der Waals surface area (Å²) in [6, 6.07) is 8.79. The normalized spacial score (nSPS) is 21.1. The molecule has 164 valence electrons. The number of nitrogens with one attached hydrogen (secondary N) is 1. The first-order valence-corrected chi connectivity index (χ1v) is 10.7. The summed E-state index contributed by atoms with van der Waals surface area (Å²) in [6.07, 6.45) is 2.81. The molecule has 0 saturated carbocycles. The van der Waals surface area contributed by atoms with E-state index in [-0.39, 0.29) is 30.1 Å². The molecular weight excluding hydrogens is 479 g/mol. The number of piperidine rings is 1. The topological polar surface area (TPSA) is 60.3 Å². The van der Waals surface area contributed by atoms with Crippen LogP contribution in [0.5, 0.6) is 0 Å². The number of aliphatic imine (C=N–C) groups is 1. The highest BCUT2D eigenvalue weighted by molar-refractivity contribution is 14.0. The highest BCUT2D eigenvalue weighted by atomic mass is 127. The van der Waals surface area contributed by atoms with Gasteiger partial charge in [-0.1, -0.05) is 24.3 Å². The number of guanidine groups is 1. The summed E-state index contributed by atoms with van der Waals surface area (Å²) in [5.41, 5.74) is 2.56. The van der Waals surface area contributed by atoms with Gasteiger partial charge < -0.3 is 20.1 Å². The van der Waals surface area contributed by atoms with E-state index in [4.69, 9.17) is 9.73 Å². The summed E-state index contributed by atoms with van der Waals surface area (Å²) in [5, 5.41) is 13.0. The molecule has 2 aliphatic heterocycles. The maximum Gasteiger partial charge on any atom is 0.193 e. The molecular formula is C22H37IN4O2. The zero-order valence-corrected chi connectivity index (χ0v) is 20.2. The second kappa shape index (κ2) is 12.7. The van der Waals surface area contributed by atoms with E-state index in [1.807, 2.05) is 0 Å². The van der Waals surface area contributed by atoms with Crippen LogP contribution in [0.3, 0.4) is 0 Å². The number of likely N-dealkylation sites (tertiary alicyclic amines) is 1. The molecule has 2 fully saturated rings. The third-order valence-corrected chi connectivity index (χ3v) is 5.65. The molecule has 0 aromatic heterocycles. The Morgan fingerprint density at radius 2 is 1.90 bits per heavy atom. The van der Waals surface area contributed by atoms with Crippen molar-refractivity contribution in [3.63, 3.8) is 0 Å². The number of nitrogens with zero attached hydrogens (tertiary/aromatic N) is 3. The maximum absolute atomic E-state index is 9.64. The average molecular weight is 516 g/mol. The summed E-state index contributed by atoms with van der Waals surface area (Å²) in [7, 11) is 2.11. The van der Waals surface area contributed by atoms with Crippen molar-refractivity contribution in [2.24, 2.45) is 10.9 Å². The van der Waals surface area contributed by atoms with Gasteiger partial charge in [-0.05, 0) is 37.3 Å². The molecule has 0 spiro atoms. The van der Waals surface area contributed by atoms with Crippen molar-refractivity contribution in [2.45, 2.75) is 45.4 Å². The first kappa shape index (κ1) is 24.4. The average Bonchev–Trinajstić information content (AvgIpc) is 3.21. The third-order valence-electron chi connectivity index (χ3n) is 5.65. The number of aliphatic hydroxyl groups is 1. The van der Waals surface area contributed by atoms with Crippen molar-refractivity contribution in [1.82, 2.24) is 15.1 Å². The molecule has 3 rings (SSSR count). The van der Waals surface area contributed by atoms with E-state index in [0.717, 1.165) is 71.2 Å². The molecule has 1 atom stereocenters. The van der Waals surface area contributed by atoms with Crippen LogP contribution in [0.4, 0.5) is 0 Å². The number of rotatable bonds is 7. The quantitative estimate of drug-likeness (QED) is 0.332. The maximum atomic E-state index is 9.64. The molecule has 29 heavy (non-hydrogen) atoms. The molecule has 2 aliphatic rings. The predicted octanol–water partition coefficient (Wildman–Crippen LogP) is 2.70. The summed E-state index contributed by atoms with van der Waals surface area (Å²) < 4.78 is 5.50. The Bertz CT molecular complexity index is 612. The second-order valence-corrected chi connectivity index (χ2v) is 8.10. The number of ether oxygens (including phenoxy) is 1. The van der Waals surface area contributed by atoms with Gasteiger partial charge in [0.2, 0.25) is 0 Å². The zero-order chi connectivity index (χ0) is 19.8. The number of hydrogen-bond acceptors (Lipinski definition) is 4. The Kier molecular flexibility index (Phi) is 10.7. The van der Waals surface area contributed by atoms with Crippen LogP contribution in [0, 0.1) is 5.92 Å². The lowest BCUT2D eigenvalue weighted by Crippen LogP contribution is -2.41. The Balaban J connectivity index is 0.00000300. The fourth-order valence-electron chi connectivity index (χ4n) is 3.92. The van der Waals surface area contributed by atoms with Crippen LogP contribution in [0.2, 0.25) is 0 Å². The smallest absolute Gasteiger partial charge is 0.193 e. The molecule has 0 amide bonds. The van der Waals surface area contributed by atoms with E-state index < -0.39 is 0 Å². The molecule has 2 saturated heterocycles. The molecule has 1 aromatic carbocycles. The van der Waals surface area contributed by atoms with E-state index in [1.165, 1.54) is 11.1 Å². The van der Waals surface area contributed by atoms with Crippen LogP contribution in [-0.2, 0) is 17.8 Å². The van der Waals surface area contributed by atoms with Crippen LogP contribution in [-0.4, -0.2) is 73.4 Å². The minimum atomic E-state index is -0.110. The second-order valence-electron chi connectivity index (χ2n) is 8.10. The minimum absolute atomic E-state index is 0. The zero-order valence-electron chi connectivity index (χ0n) is 17.8. The Morgan fingerprint density at radius 3 is 2.52 bits per heavy atom. The van der Waals surface area contributed by atoms with Crippen LogP contribution in [0.1, 0.15) is 37.3 Å². The minimum Gasteiger partial charge on any atom is -0.393 e. The first-order chi connectivity index (χ1) is 13.6. The number of hydrogen-bond donors (Lipinski definition) is 2. The molecule has 1 unspecified atom stereocenters. The fourth-order valence-corrected chi connectivity index (χ4v) is 3.92. The molecule has 0 aliphatic carbocycles. The van der Waals surface area contributed by atoms with Gasteiger partial charge in [0.05, 0.1) is 19.3 Å². The van der Waals surface area contributed by atoms with Crippen LogP contribution < -0.4 is 5.32 Å².